The van der Waals surface area contributed by atoms with E-state index < -0.39 is 0 Å². The van der Waals surface area contributed by atoms with Gasteiger partial charge in [-0.15, -0.1) is 0 Å². The van der Waals surface area contributed by atoms with Gasteiger partial charge in [0.25, 0.3) is 0 Å². The number of rotatable bonds is 8. The monoisotopic (exact) mass is 248 g/mol. The molecule has 0 N–H and O–H groups in total. The lowest BCUT2D eigenvalue weighted by Crippen LogP contribution is -2.17. The van der Waals surface area contributed by atoms with Crippen molar-refractivity contribution in [1.82, 2.24) is 0 Å². The van der Waals surface area contributed by atoms with Crippen LogP contribution < -0.4 is 0 Å². The summed E-state index contributed by atoms with van der Waals surface area (Å²) in [7, 11) is 0. The van der Waals surface area contributed by atoms with Crippen molar-refractivity contribution in [2.45, 2.75) is 58.5 Å². The Morgan fingerprint density at radius 1 is 1.17 bits per heavy atom. The van der Waals surface area contributed by atoms with Crippen LogP contribution >= 0.6 is 0 Å². The molecule has 18 heavy (non-hydrogen) atoms. The van der Waals surface area contributed by atoms with E-state index in [9.17, 15) is 4.79 Å². The molecule has 0 unspecified atom stereocenters. The molecule has 2 nitrogen and oxygen atoms in total. The summed E-state index contributed by atoms with van der Waals surface area (Å²) in [6, 6.07) is 10.1. The third-order valence-electron chi connectivity index (χ3n) is 2.93. The van der Waals surface area contributed by atoms with Gasteiger partial charge in [-0.2, -0.15) is 0 Å². The number of hydrogen-bond donors (Lipinski definition) is 0. The van der Waals surface area contributed by atoms with E-state index in [0.717, 1.165) is 19.3 Å². The van der Waals surface area contributed by atoms with Gasteiger partial charge in [-0.05, 0) is 18.9 Å². The maximum Gasteiger partial charge on any atom is 0.306 e. The normalized spacial score (nSPS) is 12.1. The second kappa shape index (κ2) is 8.73. The van der Waals surface area contributed by atoms with E-state index in [2.05, 4.69) is 19.1 Å². The Morgan fingerprint density at radius 3 is 2.56 bits per heavy atom. The third kappa shape index (κ3) is 6.43. The Balaban J connectivity index is 2.19. The van der Waals surface area contributed by atoms with Gasteiger partial charge in [0, 0.05) is 12.8 Å². The van der Waals surface area contributed by atoms with E-state index in [1.807, 2.05) is 25.1 Å². The topological polar surface area (TPSA) is 26.3 Å². The van der Waals surface area contributed by atoms with Crippen LogP contribution in [0.1, 0.15) is 51.5 Å². The highest BCUT2D eigenvalue weighted by atomic mass is 16.5. The molecule has 1 atom stereocenters. The van der Waals surface area contributed by atoms with Crippen molar-refractivity contribution in [2.24, 2.45) is 0 Å². The average molecular weight is 248 g/mol. The molecule has 1 aromatic carbocycles. The summed E-state index contributed by atoms with van der Waals surface area (Å²) >= 11 is 0. The van der Waals surface area contributed by atoms with Crippen LogP contribution in [0.2, 0.25) is 0 Å². The predicted octanol–water partition coefficient (Wildman–Crippen LogP) is 4.13. The Bertz CT molecular complexity index is 332. The second-order valence-electron chi connectivity index (χ2n) is 4.80. The smallest absolute Gasteiger partial charge is 0.306 e. The molecule has 0 aliphatic carbocycles. The summed E-state index contributed by atoms with van der Waals surface area (Å²) in [6.45, 7) is 4.12. The average Bonchev–Trinajstić information content (AvgIpc) is 2.35. The molecule has 2 heteroatoms. The maximum atomic E-state index is 11.6. The number of carbonyl (C=O) groups is 1. The zero-order chi connectivity index (χ0) is 13.2. The predicted molar refractivity (Wildman–Crippen MR) is 74.5 cm³/mol. The molecule has 0 saturated carbocycles. The van der Waals surface area contributed by atoms with E-state index in [1.165, 1.54) is 18.4 Å². The van der Waals surface area contributed by atoms with Crippen molar-refractivity contribution in [1.29, 1.82) is 0 Å². The lowest BCUT2D eigenvalue weighted by molar-refractivity contribution is -0.148. The molecule has 0 amide bonds. The highest BCUT2D eigenvalue weighted by Gasteiger charge is 2.09. The molecule has 0 saturated heterocycles. The van der Waals surface area contributed by atoms with Crippen LogP contribution in [0.3, 0.4) is 0 Å². The standard InChI is InChI=1S/C16H24O2/c1-3-4-5-9-12-16(17)18-14(2)13-15-10-7-6-8-11-15/h6-8,10-11,14H,3-5,9,12-13H2,1-2H3/t14-/m1/s1. The van der Waals surface area contributed by atoms with E-state index in [1.54, 1.807) is 0 Å². The van der Waals surface area contributed by atoms with Crippen LogP contribution in [0.25, 0.3) is 0 Å². The van der Waals surface area contributed by atoms with E-state index in [-0.39, 0.29) is 12.1 Å². The van der Waals surface area contributed by atoms with E-state index >= 15 is 0 Å². The minimum atomic E-state index is -0.0606. The molecule has 0 aliphatic rings. The Labute approximate surface area is 110 Å². The lowest BCUT2D eigenvalue weighted by Gasteiger charge is -2.13. The summed E-state index contributed by atoms with van der Waals surface area (Å²) in [5.74, 6) is -0.0606. The van der Waals surface area contributed by atoms with Crippen LogP contribution in [-0.2, 0) is 16.0 Å². The first-order valence-corrected chi connectivity index (χ1v) is 6.95. The summed E-state index contributed by atoms with van der Waals surface area (Å²) < 4.78 is 5.40. The number of ether oxygens (including phenoxy) is 1. The summed E-state index contributed by atoms with van der Waals surface area (Å²) in [5, 5.41) is 0. The minimum absolute atomic E-state index is 0.0360. The molecule has 1 aromatic rings. The first-order valence-electron chi connectivity index (χ1n) is 6.95. The van der Waals surface area contributed by atoms with Crippen molar-refractivity contribution in [2.75, 3.05) is 0 Å². The van der Waals surface area contributed by atoms with Gasteiger partial charge in [0.2, 0.25) is 0 Å². The van der Waals surface area contributed by atoms with Crippen LogP contribution in [0.15, 0.2) is 30.3 Å². The first-order chi connectivity index (χ1) is 8.72. The van der Waals surface area contributed by atoms with Crippen LogP contribution in [0.4, 0.5) is 0 Å². The summed E-state index contributed by atoms with van der Waals surface area (Å²) in [4.78, 5) is 11.6. The van der Waals surface area contributed by atoms with Crippen molar-refractivity contribution in [3.63, 3.8) is 0 Å². The fourth-order valence-corrected chi connectivity index (χ4v) is 1.97. The van der Waals surface area contributed by atoms with E-state index in [4.69, 9.17) is 4.74 Å². The summed E-state index contributed by atoms with van der Waals surface area (Å²) in [6.07, 6.45) is 5.78. The zero-order valence-electron chi connectivity index (χ0n) is 11.5. The number of unbranched alkanes of at least 4 members (excludes halogenated alkanes) is 3. The van der Waals surface area contributed by atoms with Crippen molar-refractivity contribution in [3.8, 4) is 0 Å². The minimum Gasteiger partial charge on any atom is -0.462 e. The molecule has 0 radical (unpaired) electrons. The van der Waals surface area contributed by atoms with Gasteiger partial charge < -0.3 is 4.74 Å². The molecular weight excluding hydrogens is 224 g/mol. The Kier molecular flexibility index (Phi) is 7.16. The highest BCUT2D eigenvalue weighted by molar-refractivity contribution is 5.69. The summed E-state index contributed by atoms with van der Waals surface area (Å²) in [5.41, 5.74) is 1.21. The van der Waals surface area contributed by atoms with Gasteiger partial charge in [-0.25, -0.2) is 0 Å². The van der Waals surface area contributed by atoms with Gasteiger partial charge in [0.1, 0.15) is 6.10 Å². The molecule has 1 rings (SSSR count). The lowest BCUT2D eigenvalue weighted by atomic mass is 10.1. The largest absolute Gasteiger partial charge is 0.462 e. The van der Waals surface area contributed by atoms with Crippen molar-refractivity contribution < 1.29 is 9.53 Å². The van der Waals surface area contributed by atoms with Gasteiger partial charge in [0.05, 0.1) is 0 Å². The zero-order valence-corrected chi connectivity index (χ0v) is 11.5. The maximum absolute atomic E-state index is 11.6. The van der Waals surface area contributed by atoms with Gasteiger partial charge in [0.15, 0.2) is 0 Å². The molecule has 0 heterocycles. The van der Waals surface area contributed by atoms with E-state index in [0.29, 0.717) is 6.42 Å². The Morgan fingerprint density at radius 2 is 1.89 bits per heavy atom. The van der Waals surface area contributed by atoms with Gasteiger partial charge >= 0.3 is 5.97 Å². The number of esters is 1. The number of carbonyl (C=O) groups excluding carboxylic acids is 1. The van der Waals surface area contributed by atoms with Gasteiger partial charge in [-0.3, -0.25) is 4.79 Å². The third-order valence-corrected chi connectivity index (χ3v) is 2.93. The van der Waals surface area contributed by atoms with Crippen LogP contribution in [0.5, 0.6) is 0 Å². The molecule has 100 valence electrons. The fraction of sp³-hybridized carbons (Fsp3) is 0.562. The first kappa shape index (κ1) is 14.7. The van der Waals surface area contributed by atoms with Crippen molar-refractivity contribution >= 4 is 5.97 Å². The van der Waals surface area contributed by atoms with Crippen LogP contribution in [-0.4, -0.2) is 12.1 Å². The number of hydrogen-bond acceptors (Lipinski definition) is 2. The van der Waals surface area contributed by atoms with Crippen molar-refractivity contribution in [3.05, 3.63) is 35.9 Å². The SMILES string of the molecule is CCCCCCC(=O)O[C@H](C)Cc1ccccc1. The molecule has 0 spiro atoms. The quantitative estimate of drug-likeness (QED) is 0.510. The van der Waals surface area contributed by atoms with Gasteiger partial charge in [-0.1, -0.05) is 56.5 Å². The number of benzene rings is 1. The molecule has 0 aliphatic heterocycles. The molecular formula is C16H24O2. The molecule has 0 bridgehead atoms. The molecule has 0 aromatic heterocycles. The highest BCUT2D eigenvalue weighted by Crippen LogP contribution is 2.08. The van der Waals surface area contributed by atoms with Crippen LogP contribution in [0, 0.1) is 0 Å². The fourth-order valence-electron chi connectivity index (χ4n) is 1.97. The second-order valence-corrected chi connectivity index (χ2v) is 4.80. The molecule has 0 fully saturated rings. The Hall–Kier alpha value is -1.31.